The van der Waals surface area contributed by atoms with Gasteiger partial charge in [0.2, 0.25) is 0 Å². The maximum atomic E-state index is 14.1. The van der Waals surface area contributed by atoms with Gasteiger partial charge in [0.25, 0.3) is 0 Å². The van der Waals surface area contributed by atoms with Gasteiger partial charge in [0, 0.05) is 36.2 Å². The van der Waals surface area contributed by atoms with E-state index in [9.17, 15) is 14.4 Å². The normalized spacial score (nSPS) is 20.6. The van der Waals surface area contributed by atoms with Crippen LogP contribution < -0.4 is 24.3 Å². The van der Waals surface area contributed by atoms with E-state index in [-0.39, 0.29) is 30.0 Å². The Labute approximate surface area is 252 Å². The summed E-state index contributed by atoms with van der Waals surface area (Å²) in [7, 11) is 4.66. The van der Waals surface area contributed by atoms with Gasteiger partial charge in [-0.05, 0) is 80.3 Å². The maximum Gasteiger partial charge on any atom is 0.337 e. The molecule has 0 saturated heterocycles. The third kappa shape index (κ3) is 6.26. The molecule has 1 fully saturated rings. The highest BCUT2D eigenvalue weighted by atomic mass is 16.6. The number of ketones is 1. The molecule has 2 aromatic carbocycles. The Kier molecular flexibility index (Phi) is 9.08. The molecule has 1 saturated carbocycles. The minimum atomic E-state index is -0.675. The van der Waals surface area contributed by atoms with Gasteiger partial charge in [0.1, 0.15) is 6.10 Å². The van der Waals surface area contributed by atoms with Crippen LogP contribution in [0, 0.1) is 0 Å². The predicted octanol–water partition coefficient (Wildman–Crippen LogP) is 5.88. The molecule has 9 heteroatoms. The summed E-state index contributed by atoms with van der Waals surface area (Å²) in [4.78, 5) is 39.6. The molecule has 0 amide bonds. The summed E-state index contributed by atoms with van der Waals surface area (Å²) in [6, 6.07) is 10.9. The number of carbonyl (C=O) groups excluding carboxylic acids is 3. The highest BCUT2D eigenvalue weighted by Gasteiger charge is 2.42. The molecule has 1 aliphatic heterocycles. The van der Waals surface area contributed by atoms with Gasteiger partial charge in [-0.15, -0.1) is 0 Å². The summed E-state index contributed by atoms with van der Waals surface area (Å²) in [6.45, 7) is 3.17. The minimum Gasteiger partial charge on any atom is -0.493 e. The number of allylic oxidation sites excluding steroid dienone is 3. The van der Waals surface area contributed by atoms with Crippen molar-refractivity contribution >= 4 is 17.7 Å². The molecular formula is C34H39NO8. The van der Waals surface area contributed by atoms with Crippen molar-refractivity contribution in [3.05, 3.63) is 70.1 Å². The molecule has 0 unspecified atom stereocenters. The van der Waals surface area contributed by atoms with Crippen LogP contribution in [0.3, 0.4) is 0 Å². The fraction of sp³-hybridized carbons (Fsp3) is 0.441. The van der Waals surface area contributed by atoms with Gasteiger partial charge in [-0.1, -0.05) is 18.6 Å². The molecule has 2 aliphatic carbocycles. The fourth-order valence-electron chi connectivity index (χ4n) is 6.49. The molecular weight excluding hydrogens is 550 g/mol. The summed E-state index contributed by atoms with van der Waals surface area (Å²) < 4.78 is 27.8. The van der Waals surface area contributed by atoms with E-state index in [0.29, 0.717) is 46.1 Å². The van der Waals surface area contributed by atoms with Crippen LogP contribution in [0.5, 0.6) is 23.0 Å². The van der Waals surface area contributed by atoms with Crippen molar-refractivity contribution < 1.29 is 38.1 Å². The van der Waals surface area contributed by atoms with Crippen molar-refractivity contribution in [3.8, 4) is 23.0 Å². The number of rotatable bonds is 8. The molecule has 0 radical (unpaired) electrons. The van der Waals surface area contributed by atoms with E-state index in [1.807, 2.05) is 25.1 Å². The minimum absolute atomic E-state index is 0.0583. The molecule has 43 heavy (non-hydrogen) atoms. The second kappa shape index (κ2) is 12.9. The largest absolute Gasteiger partial charge is 0.493 e. The number of esters is 2. The standard InChI is InChI=1S/C34H39NO8/c1-19-31(34(38)43-24-9-7-6-8-10-24)32(22-12-14-28(42-20(2)36)30(18-22)41-5)33-25(35-19)15-23(16-26(33)37)21-11-13-27(39-3)29(17-21)40-4/h11-14,17-18,23-24,32,35H,6-10,15-16H2,1-5H3/t23-,32+/m0/s1. The number of nitrogens with one attached hydrogen (secondary N) is 1. The number of hydrogen-bond acceptors (Lipinski definition) is 9. The molecule has 0 spiro atoms. The van der Waals surface area contributed by atoms with Gasteiger partial charge in [0.15, 0.2) is 28.8 Å². The molecule has 2 aromatic rings. The lowest BCUT2D eigenvalue weighted by molar-refractivity contribution is -0.146. The average molecular weight is 590 g/mol. The van der Waals surface area contributed by atoms with Crippen LogP contribution in [0.2, 0.25) is 0 Å². The fourth-order valence-corrected chi connectivity index (χ4v) is 6.49. The summed E-state index contributed by atoms with van der Waals surface area (Å²) in [5.41, 5.74) is 4.01. The van der Waals surface area contributed by atoms with E-state index in [0.717, 1.165) is 43.4 Å². The van der Waals surface area contributed by atoms with Gasteiger partial charge >= 0.3 is 11.9 Å². The molecule has 1 heterocycles. The molecule has 0 bridgehead atoms. The number of methoxy groups -OCH3 is 3. The lowest BCUT2D eigenvalue weighted by Gasteiger charge is -2.37. The number of dihydropyridines is 1. The second-order valence-electron chi connectivity index (χ2n) is 11.3. The van der Waals surface area contributed by atoms with E-state index in [4.69, 9.17) is 23.7 Å². The second-order valence-corrected chi connectivity index (χ2v) is 11.3. The Balaban J connectivity index is 1.56. The molecule has 3 aliphatic rings. The summed E-state index contributed by atoms with van der Waals surface area (Å²) in [5, 5.41) is 3.41. The highest BCUT2D eigenvalue weighted by Crippen LogP contribution is 2.48. The number of benzene rings is 2. The van der Waals surface area contributed by atoms with Crippen LogP contribution in [0.4, 0.5) is 0 Å². The SMILES string of the molecule is COc1ccc([C@@H]2CC(=O)C3=C(C2)NC(C)=C(C(=O)OC2CCCCC2)[C@H]3c2ccc(OC(C)=O)c(OC)c2)cc1OC. The Bertz CT molecular complexity index is 1480. The van der Waals surface area contributed by atoms with Crippen molar-refractivity contribution in [2.75, 3.05) is 21.3 Å². The third-order valence-corrected chi connectivity index (χ3v) is 8.53. The molecule has 228 valence electrons. The van der Waals surface area contributed by atoms with E-state index >= 15 is 0 Å². The van der Waals surface area contributed by atoms with Gasteiger partial charge in [-0.25, -0.2) is 4.79 Å². The van der Waals surface area contributed by atoms with Crippen LogP contribution in [-0.2, 0) is 19.1 Å². The molecule has 0 aromatic heterocycles. The average Bonchev–Trinajstić information content (AvgIpc) is 3.00. The molecule has 5 rings (SSSR count). The third-order valence-electron chi connectivity index (χ3n) is 8.53. The van der Waals surface area contributed by atoms with Crippen LogP contribution in [0.1, 0.15) is 81.8 Å². The first kappa shape index (κ1) is 30.2. The predicted molar refractivity (Wildman–Crippen MR) is 159 cm³/mol. The first-order valence-electron chi connectivity index (χ1n) is 14.8. The van der Waals surface area contributed by atoms with Crippen molar-refractivity contribution in [2.24, 2.45) is 0 Å². The van der Waals surface area contributed by atoms with Crippen molar-refractivity contribution in [3.63, 3.8) is 0 Å². The van der Waals surface area contributed by atoms with Gasteiger partial charge in [0.05, 0.1) is 26.9 Å². The molecule has 1 N–H and O–H groups in total. The van der Waals surface area contributed by atoms with E-state index in [1.54, 1.807) is 32.4 Å². The van der Waals surface area contributed by atoms with Crippen LogP contribution in [-0.4, -0.2) is 45.2 Å². The van der Waals surface area contributed by atoms with Crippen molar-refractivity contribution in [2.45, 2.75) is 76.7 Å². The van der Waals surface area contributed by atoms with E-state index in [2.05, 4.69) is 5.32 Å². The Morgan fingerprint density at radius 2 is 1.44 bits per heavy atom. The summed E-state index contributed by atoms with van der Waals surface area (Å²) in [6.07, 6.45) is 5.55. The monoisotopic (exact) mass is 589 g/mol. The molecule has 9 nitrogen and oxygen atoms in total. The number of Topliss-reactive ketones (excluding diaryl/α,β-unsaturated/α-hetero) is 1. The Hall–Kier alpha value is -4.27. The first-order chi connectivity index (χ1) is 20.7. The first-order valence-corrected chi connectivity index (χ1v) is 14.8. The van der Waals surface area contributed by atoms with Crippen LogP contribution >= 0.6 is 0 Å². The van der Waals surface area contributed by atoms with E-state index < -0.39 is 17.9 Å². The summed E-state index contributed by atoms with van der Waals surface area (Å²) in [5.74, 6) is 0.0862. The zero-order valence-corrected chi connectivity index (χ0v) is 25.4. The van der Waals surface area contributed by atoms with Gasteiger partial charge in [-0.2, -0.15) is 0 Å². The lowest BCUT2D eigenvalue weighted by Crippen LogP contribution is -2.37. The van der Waals surface area contributed by atoms with Gasteiger partial charge < -0.3 is 29.0 Å². The number of ether oxygens (including phenoxy) is 5. The maximum absolute atomic E-state index is 14.1. The lowest BCUT2D eigenvalue weighted by atomic mass is 9.71. The Morgan fingerprint density at radius 1 is 0.814 bits per heavy atom. The van der Waals surface area contributed by atoms with Crippen molar-refractivity contribution in [1.29, 1.82) is 0 Å². The topological polar surface area (TPSA) is 109 Å². The quantitative estimate of drug-likeness (QED) is 0.298. The zero-order valence-electron chi connectivity index (χ0n) is 25.4. The highest BCUT2D eigenvalue weighted by molar-refractivity contribution is 6.04. The number of carbonyl (C=O) groups is 3. The summed E-state index contributed by atoms with van der Waals surface area (Å²) >= 11 is 0. The number of hydrogen-bond donors (Lipinski definition) is 1. The van der Waals surface area contributed by atoms with E-state index in [1.165, 1.54) is 14.0 Å². The zero-order chi connectivity index (χ0) is 30.7. The van der Waals surface area contributed by atoms with Crippen molar-refractivity contribution in [1.82, 2.24) is 5.32 Å². The smallest absolute Gasteiger partial charge is 0.337 e. The Morgan fingerprint density at radius 3 is 2.12 bits per heavy atom. The molecule has 2 atom stereocenters. The van der Waals surface area contributed by atoms with Crippen LogP contribution in [0.25, 0.3) is 0 Å². The van der Waals surface area contributed by atoms with Gasteiger partial charge in [-0.3, -0.25) is 9.59 Å². The van der Waals surface area contributed by atoms with Crippen LogP contribution in [0.15, 0.2) is 58.9 Å².